The second kappa shape index (κ2) is 6.69. The van der Waals surface area contributed by atoms with E-state index in [2.05, 4.69) is 4.98 Å². The molecule has 1 aromatic heterocycles. The predicted molar refractivity (Wildman–Crippen MR) is 93.5 cm³/mol. The Balaban J connectivity index is 1.66. The lowest BCUT2D eigenvalue weighted by Gasteiger charge is -2.35. The van der Waals surface area contributed by atoms with Gasteiger partial charge in [0.2, 0.25) is 0 Å². The average Bonchev–Trinajstić information content (AvgIpc) is 2.92. The highest BCUT2D eigenvalue weighted by molar-refractivity contribution is 6.33. The maximum absolute atomic E-state index is 12.6. The van der Waals surface area contributed by atoms with Gasteiger partial charge < -0.3 is 14.8 Å². The number of nitrogens with zero attached hydrogens (tertiary/aromatic N) is 2. The van der Waals surface area contributed by atoms with E-state index in [0.29, 0.717) is 42.3 Å². The number of nitrogens with one attached hydrogen (secondary N) is 1. The molecule has 2 aromatic rings. The molecule has 0 bridgehead atoms. The van der Waals surface area contributed by atoms with Crippen molar-refractivity contribution in [2.75, 3.05) is 26.2 Å². The number of benzene rings is 1. The number of aryl methyl sites for hydroxylation is 2. The van der Waals surface area contributed by atoms with Gasteiger partial charge in [-0.3, -0.25) is 9.59 Å². The van der Waals surface area contributed by atoms with E-state index >= 15 is 0 Å². The third-order valence-corrected chi connectivity index (χ3v) is 4.67. The summed E-state index contributed by atoms with van der Waals surface area (Å²) in [6.45, 7) is 5.91. The van der Waals surface area contributed by atoms with Gasteiger partial charge in [0.1, 0.15) is 0 Å². The fraction of sp³-hybridized carbons (Fsp3) is 0.333. The van der Waals surface area contributed by atoms with Crippen molar-refractivity contribution in [1.82, 2.24) is 14.8 Å². The number of carbonyl (C=O) groups is 2. The number of carbonyl (C=O) groups excluding carboxylic acids is 2. The molecule has 1 saturated heterocycles. The molecular weight excluding hydrogens is 326 g/mol. The minimum atomic E-state index is -0.0821. The second-order valence-electron chi connectivity index (χ2n) is 6.06. The molecule has 0 aliphatic carbocycles. The number of aromatic nitrogens is 1. The van der Waals surface area contributed by atoms with E-state index in [1.165, 1.54) is 0 Å². The molecule has 0 spiro atoms. The summed E-state index contributed by atoms with van der Waals surface area (Å²) in [6, 6.07) is 8.92. The van der Waals surface area contributed by atoms with Crippen LogP contribution >= 0.6 is 11.6 Å². The monoisotopic (exact) mass is 345 g/mol. The smallest absolute Gasteiger partial charge is 0.255 e. The Morgan fingerprint density at radius 2 is 1.50 bits per heavy atom. The lowest BCUT2D eigenvalue weighted by molar-refractivity contribution is 0.0535. The predicted octanol–water partition coefficient (Wildman–Crippen LogP) is 2.88. The van der Waals surface area contributed by atoms with Crippen LogP contribution in [0.2, 0.25) is 5.02 Å². The lowest BCUT2D eigenvalue weighted by atomic mass is 10.1. The highest BCUT2D eigenvalue weighted by Crippen LogP contribution is 2.19. The topological polar surface area (TPSA) is 56.4 Å². The standard InChI is InChI=1S/C18H20ClN3O2/c1-12-11-15(13(2)20-12)18(24)22-9-7-21(8-10-22)17(23)14-5-3-4-6-16(14)19/h3-6,11,20H,7-10H2,1-2H3. The second-order valence-corrected chi connectivity index (χ2v) is 6.46. The minimum Gasteiger partial charge on any atom is -0.362 e. The molecule has 0 radical (unpaired) electrons. The van der Waals surface area contributed by atoms with Crippen LogP contribution in [0.15, 0.2) is 30.3 Å². The van der Waals surface area contributed by atoms with Crippen LogP contribution in [0, 0.1) is 13.8 Å². The Kier molecular flexibility index (Phi) is 4.62. The molecule has 1 fully saturated rings. The maximum Gasteiger partial charge on any atom is 0.255 e. The molecule has 1 N–H and O–H groups in total. The molecule has 0 atom stereocenters. The number of hydrogen-bond acceptors (Lipinski definition) is 2. The van der Waals surface area contributed by atoms with E-state index in [9.17, 15) is 9.59 Å². The summed E-state index contributed by atoms with van der Waals surface area (Å²) in [6.07, 6.45) is 0. The van der Waals surface area contributed by atoms with Crippen LogP contribution in [-0.2, 0) is 0 Å². The number of amides is 2. The van der Waals surface area contributed by atoms with Gasteiger partial charge in [0.05, 0.1) is 16.1 Å². The third kappa shape index (κ3) is 3.17. The fourth-order valence-electron chi connectivity index (χ4n) is 3.03. The molecule has 1 aliphatic rings. The fourth-order valence-corrected chi connectivity index (χ4v) is 3.25. The van der Waals surface area contributed by atoms with E-state index in [1.54, 1.807) is 34.1 Å². The summed E-state index contributed by atoms with van der Waals surface area (Å²) >= 11 is 6.10. The Morgan fingerprint density at radius 3 is 2.00 bits per heavy atom. The number of rotatable bonds is 2. The maximum atomic E-state index is 12.6. The minimum absolute atomic E-state index is 0.0155. The summed E-state index contributed by atoms with van der Waals surface area (Å²) in [5.74, 6) is -0.0666. The molecule has 0 unspecified atom stereocenters. The number of piperazine rings is 1. The average molecular weight is 346 g/mol. The van der Waals surface area contributed by atoms with Crippen LogP contribution < -0.4 is 0 Å². The molecule has 5 nitrogen and oxygen atoms in total. The highest BCUT2D eigenvalue weighted by Gasteiger charge is 2.27. The van der Waals surface area contributed by atoms with Crippen LogP contribution in [0.1, 0.15) is 32.1 Å². The molecular formula is C18H20ClN3O2. The molecule has 2 heterocycles. The quantitative estimate of drug-likeness (QED) is 0.909. The first-order valence-electron chi connectivity index (χ1n) is 7.96. The largest absolute Gasteiger partial charge is 0.362 e. The van der Waals surface area contributed by atoms with Crippen molar-refractivity contribution in [2.24, 2.45) is 0 Å². The zero-order valence-corrected chi connectivity index (χ0v) is 14.6. The normalized spacial score (nSPS) is 14.8. The Hall–Kier alpha value is -2.27. The van der Waals surface area contributed by atoms with E-state index < -0.39 is 0 Å². The van der Waals surface area contributed by atoms with Crippen molar-refractivity contribution in [3.05, 3.63) is 57.9 Å². The highest BCUT2D eigenvalue weighted by atomic mass is 35.5. The van der Waals surface area contributed by atoms with Gasteiger partial charge >= 0.3 is 0 Å². The summed E-state index contributed by atoms with van der Waals surface area (Å²) in [5.41, 5.74) is 3.07. The number of aromatic amines is 1. The van der Waals surface area contributed by atoms with Gasteiger partial charge in [-0.1, -0.05) is 23.7 Å². The molecule has 2 amide bonds. The first-order chi connectivity index (χ1) is 11.5. The molecule has 1 aromatic carbocycles. The van der Waals surface area contributed by atoms with Crippen molar-refractivity contribution in [3.8, 4) is 0 Å². The van der Waals surface area contributed by atoms with E-state index in [0.717, 1.165) is 11.4 Å². The van der Waals surface area contributed by atoms with Gasteiger partial charge in [-0.15, -0.1) is 0 Å². The van der Waals surface area contributed by atoms with Crippen molar-refractivity contribution < 1.29 is 9.59 Å². The Morgan fingerprint density at radius 1 is 0.958 bits per heavy atom. The van der Waals surface area contributed by atoms with Gasteiger partial charge in [-0.2, -0.15) is 0 Å². The first-order valence-corrected chi connectivity index (χ1v) is 8.34. The van der Waals surface area contributed by atoms with E-state index in [1.807, 2.05) is 19.9 Å². The number of halogens is 1. The molecule has 0 saturated carbocycles. The first kappa shape index (κ1) is 16.6. The zero-order valence-electron chi connectivity index (χ0n) is 13.8. The van der Waals surface area contributed by atoms with Gasteiger partial charge in [-0.25, -0.2) is 0 Å². The molecule has 1 aliphatic heterocycles. The van der Waals surface area contributed by atoms with Crippen molar-refractivity contribution >= 4 is 23.4 Å². The Labute approximate surface area is 146 Å². The van der Waals surface area contributed by atoms with Crippen LogP contribution in [0.25, 0.3) is 0 Å². The molecule has 24 heavy (non-hydrogen) atoms. The van der Waals surface area contributed by atoms with Crippen molar-refractivity contribution in [2.45, 2.75) is 13.8 Å². The SMILES string of the molecule is Cc1cc(C(=O)N2CCN(C(=O)c3ccccc3Cl)CC2)c(C)[nH]1. The van der Waals surface area contributed by atoms with Gasteiger partial charge in [-0.05, 0) is 32.0 Å². The molecule has 3 rings (SSSR count). The van der Waals surface area contributed by atoms with E-state index in [-0.39, 0.29) is 11.8 Å². The molecule has 126 valence electrons. The van der Waals surface area contributed by atoms with Crippen LogP contribution in [0.3, 0.4) is 0 Å². The zero-order chi connectivity index (χ0) is 17.3. The molecule has 6 heteroatoms. The van der Waals surface area contributed by atoms with Crippen molar-refractivity contribution in [3.63, 3.8) is 0 Å². The van der Waals surface area contributed by atoms with Crippen molar-refractivity contribution in [1.29, 1.82) is 0 Å². The van der Waals surface area contributed by atoms with Gasteiger partial charge in [0.15, 0.2) is 0 Å². The van der Waals surface area contributed by atoms with Crippen LogP contribution in [0.4, 0.5) is 0 Å². The summed E-state index contributed by atoms with van der Waals surface area (Å²) in [4.78, 5) is 31.9. The number of H-pyrrole nitrogens is 1. The number of hydrogen-bond donors (Lipinski definition) is 1. The van der Waals surface area contributed by atoms with Crippen LogP contribution in [0.5, 0.6) is 0 Å². The summed E-state index contributed by atoms with van der Waals surface area (Å²) in [7, 11) is 0. The van der Waals surface area contributed by atoms with Gasteiger partial charge in [0.25, 0.3) is 11.8 Å². The van der Waals surface area contributed by atoms with Gasteiger partial charge in [0, 0.05) is 37.6 Å². The van der Waals surface area contributed by atoms with Crippen LogP contribution in [-0.4, -0.2) is 52.8 Å². The Bertz CT molecular complexity index is 776. The summed E-state index contributed by atoms with van der Waals surface area (Å²) < 4.78 is 0. The summed E-state index contributed by atoms with van der Waals surface area (Å²) in [5, 5.41) is 0.458. The third-order valence-electron chi connectivity index (χ3n) is 4.34. The van der Waals surface area contributed by atoms with E-state index in [4.69, 9.17) is 11.6 Å². The lowest BCUT2D eigenvalue weighted by Crippen LogP contribution is -2.50.